The van der Waals surface area contributed by atoms with E-state index < -0.39 is 4.92 Å². The van der Waals surface area contributed by atoms with E-state index in [-0.39, 0.29) is 11.7 Å². The van der Waals surface area contributed by atoms with Gasteiger partial charge >= 0.3 is 11.7 Å². The van der Waals surface area contributed by atoms with E-state index in [4.69, 9.17) is 4.74 Å². The van der Waals surface area contributed by atoms with Gasteiger partial charge in [-0.3, -0.25) is 4.57 Å². The third-order valence-electron chi connectivity index (χ3n) is 2.07. The van der Waals surface area contributed by atoms with Crippen LogP contribution in [0.5, 0.6) is 11.6 Å². The Bertz CT molecular complexity index is 550. The summed E-state index contributed by atoms with van der Waals surface area (Å²) >= 11 is 3.29. The Balaban J connectivity index is 2.32. The van der Waals surface area contributed by atoms with Crippen LogP contribution in [0.2, 0.25) is 0 Å². The molecule has 88 valence electrons. The summed E-state index contributed by atoms with van der Waals surface area (Å²) in [6, 6.07) is 7.00. The molecule has 6 nitrogen and oxygen atoms in total. The fourth-order valence-electron chi connectivity index (χ4n) is 1.26. The molecule has 17 heavy (non-hydrogen) atoms. The fraction of sp³-hybridized carbons (Fsp3) is 0.100. The summed E-state index contributed by atoms with van der Waals surface area (Å²) in [5.41, 5.74) is 0. The SMILES string of the molecule is Cn1cnc([N+](=O)[O-])c1Oc1ccc(Br)cc1. The van der Waals surface area contributed by atoms with E-state index in [1.165, 1.54) is 10.9 Å². The lowest BCUT2D eigenvalue weighted by Crippen LogP contribution is -1.96. The van der Waals surface area contributed by atoms with Crippen LogP contribution >= 0.6 is 15.9 Å². The van der Waals surface area contributed by atoms with E-state index in [9.17, 15) is 10.1 Å². The van der Waals surface area contributed by atoms with Crippen LogP contribution in [0, 0.1) is 10.1 Å². The minimum Gasteiger partial charge on any atom is -0.434 e. The first-order valence-corrected chi connectivity index (χ1v) is 5.46. The molecule has 0 N–H and O–H groups in total. The van der Waals surface area contributed by atoms with Crippen molar-refractivity contribution >= 4 is 21.7 Å². The first-order valence-electron chi connectivity index (χ1n) is 4.67. The molecule has 0 aliphatic heterocycles. The zero-order chi connectivity index (χ0) is 12.4. The van der Waals surface area contributed by atoms with Gasteiger partial charge < -0.3 is 14.9 Å². The summed E-state index contributed by atoms with van der Waals surface area (Å²) in [6.45, 7) is 0. The number of ether oxygens (including phenoxy) is 1. The molecule has 0 atom stereocenters. The average Bonchev–Trinajstić information content (AvgIpc) is 2.64. The molecular weight excluding hydrogens is 290 g/mol. The van der Waals surface area contributed by atoms with Crippen LogP contribution in [0.25, 0.3) is 0 Å². The van der Waals surface area contributed by atoms with Crippen molar-refractivity contribution < 1.29 is 9.66 Å². The molecule has 0 fully saturated rings. The molecule has 0 aliphatic rings. The van der Waals surface area contributed by atoms with Crippen molar-refractivity contribution in [2.45, 2.75) is 0 Å². The van der Waals surface area contributed by atoms with E-state index in [0.717, 1.165) is 4.47 Å². The molecule has 0 spiro atoms. The maximum atomic E-state index is 10.7. The maximum absolute atomic E-state index is 10.7. The van der Waals surface area contributed by atoms with Gasteiger partial charge in [-0.05, 0) is 34.2 Å². The maximum Gasteiger partial charge on any atom is 0.427 e. The van der Waals surface area contributed by atoms with E-state index in [1.807, 2.05) is 0 Å². The summed E-state index contributed by atoms with van der Waals surface area (Å²) in [5, 5.41) is 10.7. The first kappa shape index (κ1) is 11.6. The van der Waals surface area contributed by atoms with Crippen molar-refractivity contribution in [2.24, 2.45) is 7.05 Å². The predicted molar refractivity (Wildman–Crippen MR) is 64.1 cm³/mol. The smallest absolute Gasteiger partial charge is 0.427 e. The van der Waals surface area contributed by atoms with Gasteiger partial charge in [0.15, 0.2) is 0 Å². The van der Waals surface area contributed by atoms with Gasteiger partial charge in [0.05, 0.1) is 0 Å². The summed E-state index contributed by atoms with van der Waals surface area (Å²) in [7, 11) is 1.63. The minimum atomic E-state index is -0.575. The molecule has 2 rings (SSSR count). The number of aromatic nitrogens is 2. The molecule has 1 heterocycles. The van der Waals surface area contributed by atoms with Crippen LogP contribution < -0.4 is 4.74 Å². The van der Waals surface area contributed by atoms with E-state index >= 15 is 0 Å². The minimum absolute atomic E-state index is 0.109. The Labute approximate surface area is 105 Å². The van der Waals surface area contributed by atoms with Crippen LogP contribution in [0.1, 0.15) is 0 Å². The third-order valence-corrected chi connectivity index (χ3v) is 2.59. The van der Waals surface area contributed by atoms with Gasteiger partial charge in [-0.15, -0.1) is 0 Å². The van der Waals surface area contributed by atoms with Crippen molar-refractivity contribution in [1.29, 1.82) is 0 Å². The molecule has 0 saturated carbocycles. The number of hydrogen-bond donors (Lipinski definition) is 0. The van der Waals surface area contributed by atoms with Gasteiger partial charge in [0.25, 0.3) is 0 Å². The van der Waals surface area contributed by atoms with E-state index in [1.54, 1.807) is 31.3 Å². The Morgan fingerprint density at radius 1 is 1.41 bits per heavy atom. The monoisotopic (exact) mass is 297 g/mol. The summed E-state index contributed by atoms with van der Waals surface area (Å²) in [4.78, 5) is 13.8. The van der Waals surface area contributed by atoms with Crippen molar-refractivity contribution in [2.75, 3.05) is 0 Å². The number of nitrogens with zero attached hydrogens (tertiary/aromatic N) is 3. The number of aryl methyl sites for hydroxylation is 1. The fourth-order valence-corrected chi connectivity index (χ4v) is 1.53. The zero-order valence-corrected chi connectivity index (χ0v) is 10.4. The van der Waals surface area contributed by atoms with Gasteiger partial charge in [0.1, 0.15) is 5.75 Å². The number of rotatable bonds is 3. The van der Waals surface area contributed by atoms with E-state index in [2.05, 4.69) is 20.9 Å². The van der Waals surface area contributed by atoms with Gasteiger partial charge in [-0.1, -0.05) is 15.9 Å². The Hall–Kier alpha value is -1.89. The molecule has 0 unspecified atom stereocenters. The molecule has 7 heteroatoms. The Kier molecular flexibility index (Phi) is 3.10. The Morgan fingerprint density at radius 2 is 2.06 bits per heavy atom. The largest absolute Gasteiger partial charge is 0.434 e. The number of nitro groups is 1. The first-order chi connectivity index (χ1) is 8.08. The van der Waals surface area contributed by atoms with Gasteiger partial charge in [0, 0.05) is 11.5 Å². The van der Waals surface area contributed by atoms with Crippen molar-refractivity contribution in [3.05, 3.63) is 45.2 Å². The summed E-state index contributed by atoms with van der Waals surface area (Å²) in [6.07, 6.45) is 1.34. The molecular formula is C10H8BrN3O3. The molecule has 1 aromatic carbocycles. The van der Waals surface area contributed by atoms with Crippen molar-refractivity contribution in [3.8, 4) is 11.6 Å². The van der Waals surface area contributed by atoms with Crippen molar-refractivity contribution in [1.82, 2.24) is 9.55 Å². The predicted octanol–water partition coefficient (Wildman–Crippen LogP) is 2.88. The molecule has 0 saturated heterocycles. The quantitative estimate of drug-likeness (QED) is 0.645. The van der Waals surface area contributed by atoms with Crippen LogP contribution in [-0.4, -0.2) is 14.5 Å². The number of halogens is 1. The van der Waals surface area contributed by atoms with Gasteiger partial charge in [-0.2, -0.15) is 0 Å². The van der Waals surface area contributed by atoms with Gasteiger partial charge in [0.2, 0.25) is 6.33 Å². The van der Waals surface area contributed by atoms with Gasteiger partial charge in [-0.25, -0.2) is 0 Å². The topological polar surface area (TPSA) is 70.2 Å². The molecule has 0 bridgehead atoms. The number of benzene rings is 1. The normalized spacial score (nSPS) is 10.2. The lowest BCUT2D eigenvalue weighted by molar-refractivity contribution is -0.390. The third kappa shape index (κ3) is 2.44. The van der Waals surface area contributed by atoms with Crippen LogP contribution in [0.3, 0.4) is 0 Å². The van der Waals surface area contributed by atoms with Crippen LogP contribution in [0.4, 0.5) is 5.82 Å². The number of imidazole rings is 1. The van der Waals surface area contributed by atoms with Crippen LogP contribution in [-0.2, 0) is 7.05 Å². The molecule has 0 amide bonds. The molecule has 0 aliphatic carbocycles. The summed E-state index contributed by atoms with van der Waals surface area (Å²) in [5.74, 6) is 0.327. The number of hydrogen-bond acceptors (Lipinski definition) is 4. The average molecular weight is 298 g/mol. The second-order valence-corrected chi connectivity index (χ2v) is 4.21. The lowest BCUT2D eigenvalue weighted by atomic mass is 10.3. The zero-order valence-electron chi connectivity index (χ0n) is 8.83. The summed E-state index contributed by atoms with van der Waals surface area (Å²) < 4.78 is 7.80. The van der Waals surface area contributed by atoms with Crippen LogP contribution in [0.15, 0.2) is 35.1 Å². The Morgan fingerprint density at radius 3 is 2.65 bits per heavy atom. The van der Waals surface area contributed by atoms with E-state index in [0.29, 0.717) is 5.75 Å². The lowest BCUT2D eigenvalue weighted by Gasteiger charge is -2.04. The standard InChI is InChI=1S/C10H8BrN3O3/c1-13-6-12-9(14(15)16)10(13)17-8-4-2-7(11)3-5-8/h2-6H,1H3. The highest BCUT2D eigenvalue weighted by molar-refractivity contribution is 9.10. The molecule has 2 aromatic rings. The van der Waals surface area contributed by atoms with Crippen molar-refractivity contribution in [3.63, 3.8) is 0 Å². The highest BCUT2D eigenvalue weighted by atomic mass is 79.9. The molecule has 0 radical (unpaired) electrons. The molecule has 1 aromatic heterocycles. The second-order valence-electron chi connectivity index (χ2n) is 3.30. The highest BCUT2D eigenvalue weighted by Crippen LogP contribution is 2.29. The highest BCUT2D eigenvalue weighted by Gasteiger charge is 2.22. The second kappa shape index (κ2) is 4.54.